The highest BCUT2D eigenvalue weighted by Crippen LogP contribution is 2.30. The molecule has 1 aliphatic heterocycles. The Balaban J connectivity index is 2.15. The number of hydrogen-bond donors (Lipinski definition) is 0. The van der Waals surface area contributed by atoms with Crippen molar-refractivity contribution in [3.8, 4) is 0 Å². The third-order valence-corrected chi connectivity index (χ3v) is 5.72. The normalized spacial score (nSPS) is 27.4. The van der Waals surface area contributed by atoms with Crippen molar-refractivity contribution in [1.82, 2.24) is 9.78 Å². The molecule has 0 amide bonds. The van der Waals surface area contributed by atoms with Crippen LogP contribution in [0.3, 0.4) is 0 Å². The summed E-state index contributed by atoms with van der Waals surface area (Å²) in [4.78, 5) is 0. The van der Waals surface area contributed by atoms with Crippen LogP contribution in [0.1, 0.15) is 25.3 Å². The molecule has 6 heteroatoms. The highest BCUT2D eigenvalue weighted by molar-refractivity contribution is 9.09. The number of rotatable bonds is 4. The quantitative estimate of drug-likeness (QED) is 0.794. The van der Waals surface area contributed by atoms with Gasteiger partial charge in [-0.05, 0) is 31.7 Å². The van der Waals surface area contributed by atoms with Crippen molar-refractivity contribution in [3.63, 3.8) is 0 Å². The van der Waals surface area contributed by atoms with E-state index in [2.05, 4.69) is 21.0 Å². The Bertz CT molecular complexity index is 497. The topological polar surface area (TPSA) is 52.0 Å². The molecule has 1 saturated heterocycles. The van der Waals surface area contributed by atoms with Gasteiger partial charge < -0.3 is 0 Å². The van der Waals surface area contributed by atoms with E-state index in [1.54, 1.807) is 0 Å². The summed E-state index contributed by atoms with van der Waals surface area (Å²) in [6, 6.07) is 0. The number of halogens is 1. The largest absolute Gasteiger partial charge is 0.266 e. The van der Waals surface area contributed by atoms with Gasteiger partial charge in [0.05, 0.1) is 23.2 Å². The van der Waals surface area contributed by atoms with Gasteiger partial charge in [0.25, 0.3) is 0 Å². The number of aryl methyl sites for hydroxylation is 1. The molecule has 1 unspecified atom stereocenters. The van der Waals surface area contributed by atoms with Crippen molar-refractivity contribution in [2.45, 2.75) is 31.7 Å². The first-order valence-corrected chi connectivity index (χ1v) is 8.70. The monoisotopic (exact) mass is 320 g/mol. The Morgan fingerprint density at radius 3 is 2.94 bits per heavy atom. The number of sulfone groups is 1. The molecule has 1 aromatic heterocycles. The molecule has 1 fully saturated rings. The first-order valence-electron chi connectivity index (χ1n) is 5.76. The molecular formula is C11H17BrN2O2S. The Labute approximate surface area is 110 Å². The zero-order valence-corrected chi connectivity index (χ0v) is 12.3. The summed E-state index contributed by atoms with van der Waals surface area (Å²) in [6.45, 7) is 1.97. The summed E-state index contributed by atoms with van der Waals surface area (Å²) >= 11 is 3.40. The SMILES string of the molecule is CC1(n2cc(CCCBr)cn2)CCS(=O)(=O)C1. The molecule has 0 aromatic carbocycles. The molecule has 2 heterocycles. The average molecular weight is 321 g/mol. The van der Waals surface area contributed by atoms with E-state index >= 15 is 0 Å². The van der Waals surface area contributed by atoms with Crippen LogP contribution in [0.5, 0.6) is 0 Å². The van der Waals surface area contributed by atoms with Gasteiger partial charge in [0, 0.05) is 11.5 Å². The molecule has 96 valence electrons. The number of aromatic nitrogens is 2. The number of hydrogen-bond acceptors (Lipinski definition) is 3. The van der Waals surface area contributed by atoms with Gasteiger partial charge >= 0.3 is 0 Å². The fourth-order valence-electron chi connectivity index (χ4n) is 2.23. The van der Waals surface area contributed by atoms with Gasteiger partial charge in [-0.3, -0.25) is 4.68 Å². The Kier molecular flexibility index (Phi) is 3.63. The summed E-state index contributed by atoms with van der Waals surface area (Å²) in [5.41, 5.74) is 0.820. The summed E-state index contributed by atoms with van der Waals surface area (Å²) in [5, 5.41) is 5.30. The van der Waals surface area contributed by atoms with Crippen LogP contribution in [0.4, 0.5) is 0 Å². The molecule has 1 atom stereocenters. The van der Waals surface area contributed by atoms with E-state index in [0.717, 1.165) is 18.2 Å². The van der Waals surface area contributed by atoms with Gasteiger partial charge in [-0.1, -0.05) is 15.9 Å². The third-order valence-electron chi connectivity index (χ3n) is 3.27. The van der Waals surface area contributed by atoms with Crippen LogP contribution in [-0.2, 0) is 21.8 Å². The van der Waals surface area contributed by atoms with Crippen molar-refractivity contribution < 1.29 is 8.42 Å². The number of nitrogens with zero attached hydrogens (tertiary/aromatic N) is 2. The zero-order valence-electron chi connectivity index (χ0n) is 9.89. The standard InChI is InChI=1S/C11H17BrN2O2S/c1-11(4-6-17(15,16)9-11)14-8-10(7-13-14)3-2-5-12/h7-8H,2-6,9H2,1H3. The van der Waals surface area contributed by atoms with Crippen LogP contribution < -0.4 is 0 Å². The van der Waals surface area contributed by atoms with Crippen LogP contribution in [0.2, 0.25) is 0 Å². The smallest absolute Gasteiger partial charge is 0.152 e. The minimum Gasteiger partial charge on any atom is -0.266 e. The molecule has 0 saturated carbocycles. The van der Waals surface area contributed by atoms with Gasteiger partial charge in [-0.2, -0.15) is 5.10 Å². The minimum absolute atomic E-state index is 0.208. The third kappa shape index (κ3) is 2.91. The second-order valence-electron chi connectivity index (χ2n) is 4.92. The predicted molar refractivity (Wildman–Crippen MR) is 71.3 cm³/mol. The van der Waals surface area contributed by atoms with Gasteiger partial charge in [-0.15, -0.1) is 0 Å². The van der Waals surface area contributed by atoms with Crippen molar-refractivity contribution >= 4 is 25.8 Å². The lowest BCUT2D eigenvalue weighted by Gasteiger charge is -2.22. The van der Waals surface area contributed by atoms with E-state index < -0.39 is 9.84 Å². The van der Waals surface area contributed by atoms with E-state index in [0.29, 0.717) is 6.42 Å². The van der Waals surface area contributed by atoms with Crippen LogP contribution >= 0.6 is 15.9 Å². The second kappa shape index (κ2) is 4.72. The molecule has 4 nitrogen and oxygen atoms in total. The van der Waals surface area contributed by atoms with Crippen molar-refractivity contribution in [1.29, 1.82) is 0 Å². The molecule has 2 rings (SSSR count). The van der Waals surface area contributed by atoms with Crippen LogP contribution in [0.25, 0.3) is 0 Å². The molecule has 0 aliphatic carbocycles. The summed E-state index contributed by atoms with van der Waals surface area (Å²) in [7, 11) is -2.88. The number of alkyl halides is 1. The van der Waals surface area contributed by atoms with Crippen LogP contribution in [-0.4, -0.2) is 35.0 Å². The lowest BCUT2D eigenvalue weighted by atomic mass is 10.0. The highest BCUT2D eigenvalue weighted by Gasteiger charge is 2.40. The molecule has 0 spiro atoms. The molecule has 0 bridgehead atoms. The van der Waals surface area contributed by atoms with Crippen LogP contribution in [0, 0.1) is 0 Å². The van der Waals surface area contributed by atoms with Crippen molar-refractivity contribution in [2.75, 3.05) is 16.8 Å². The Morgan fingerprint density at radius 2 is 2.35 bits per heavy atom. The van der Waals surface area contributed by atoms with Gasteiger partial charge in [0.15, 0.2) is 9.84 Å². The Morgan fingerprint density at radius 1 is 1.59 bits per heavy atom. The van der Waals surface area contributed by atoms with Crippen molar-refractivity contribution in [3.05, 3.63) is 18.0 Å². The Hall–Kier alpha value is -0.360. The summed E-state index contributed by atoms with van der Waals surface area (Å²) < 4.78 is 24.9. The maximum Gasteiger partial charge on any atom is 0.152 e. The van der Waals surface area contributed by atoms with E-state index in [9.17, 15) is 8.42 Å². The molecule has 1 aromatic rings. The summed E-state index contributed by atoms with van der Waals surface area (Å²) in [6.07, 6.45) is 6.55. The van der Waals surface area contributed by atoms with E-state index in [-0.39, 0.29) is 17.0 Å². The van der Waals surface area contributed by atoms with Gasteiger partial charge in [0.1, 0.15) is 0 Å². The molecule has 0 N–H and O–H groups in total. The van der Waals surface area contributed by atoms with E-state index in [1.807, 2.05) is 24.0 Å². The first kappa shape index (κ1) is 13.1. The lowest BCUT2D eigenvalue weighted by molar-refractivity contribution is 0.328. The lowest BCUT2D eigenvalue weighted by Crippen LogP contribution is -2.31. The average Bonchev–Trinajstić information content (AvgIpc) is 2.81. The van der Waals surface area contributed by atoms with Gasteiger partial charge in [-0.25, -0.2) is 8.42 Å². The fourth-order valence-corrected chi connectivity index (χ4v) is 4.63. The van der Waals surface area contributed by atoms with E-state index in [1.165, 1.54) is 5.56 Å². The highest BCUT2D eigenvalue weighted by atomic mass is 79.9. The maximum atomic E-state index is 11.6. The molecule has 17 heavy (non-hydrogen) atoms. The molecule has 0 radical (unpaired) electrons. The van der Waals surface area contributed by atoms with Crippen molar-refractivity contribution in [2.24, 2.45) is 0 Å². The van der Waals surface area contributed by atoms with Crippen LogP contribution in [0.15, 0.2) is 12.4 Å². The van der Waals surface area contributed by atoms with Gasteiger partial charge in [0.2, 0.25) is 0 Å². The summed E-state index contributed by atoms with van der Waals surface area (Å²) in [5.74, 6) is 0.486. The second-order valence-corrected chi connectivity index (χ2v) is 7.90. The zero-order chi connectivity index (χ0) is 12.5. The minimum atomic E-state index is -2.88. The molecule has 1 aliphatic rings. The molecular weight excluding hydrogens is 304 g/mol. The van der Waals surface area contributed by atoms with E-state index in [4.69, 9.17) is 0 Å². The first-order chi connectivity index (χ1) is 7.95. The maximum absolute atomic E-state index is 11.6. The fraction of sp³-hybridized carbons (Fsp3) is 0.727. The predicted octanol–water partition coefficient (Wildman–Crippen LogP) is 1.74.